The monoisotopic (exact) mass is 198 g/mol. The molecule has 14 heavy (non-hydrogen) atoms. The summed E-state index contributed by atoms with van der Waals surface area (Å²) in [4.78, 5) is 2.58. The van der Waals surface area contributed by atoms with E-state index in [1.807, 2.05) is 0 Å². The fourth-order valence-electron chi connectivity index (χ4n) is 2.44. The van der Waals surface area contributed by atoms with Crippen molar-refractivity contribution in [2.45, 2.75) is 19.9 Å². The molecule has 0 aromatic carbocycles. The molecule has 2 aliphatic heterocycles. The molecule has 2 fully saturated rings. The second kappa shape index (κ2) is 4.60. The molecule has 3 heteroatoms. The third-order valence-corrected chi connectivity index (χ3v) is 3.65. The highest BCUT2D eigenvalue weighted by Gasteiger charge is 2.28. The number of ether oxygens (including phenoxy) is 1. The zero-order valence-corrected chi connectivity index (χ0v) is 9.33. The maximum Gasteiger partial charge on any atom is 0.0619 e. The summed E-state index contributed by atoms with van der Waals surface area (Å²) in [5.41, 5.74) is 0. The lowest BCUT2D eigenvalue weighted by atomic mass is 9.97. The summed E-state index contributed by atoms with van der Waals surface area (Å²) in [6.45, 7) is 11.2. The van der Waals surface area contributed by atoms with Crippen LogP contribution in [0.3, 0.4) is 0 Å². The summed E-state index contributed by atoms with van der Waals surface area (Å²) >= 11 is 0. The summed E-state index contributed by atoms with van der Waals surface area (Å²) < 4.78 is 5.45. The Kier molecular flexibility index (Phi) is 3.42. The molecule has 0 aliphatic carbocycles. The Hall–Kier alpha value is -0.120. The van der Waals surface area contributed by atoms with E-state index in [1.54, 1.807) is 0 Å². The fraction of sp³-hybridized carbons (Fsp3) is 1.00. The average molecular weight is 198 g/mol. The SMILES string of the molecule is CC1COCCN1C[C@@H]1CNC[C@H]1C. The van der Waals surface area contributed by atoms with Gasteiger partial charge in [0.1, 0.15) is 0 Å². The summed E-state index contributed by atoms with van der Waals surface area (Å²) in [6, 6.07) is 0.608. The Morgan fingerprint density at radius 1 is 1.36 bits per heavy atom. The van der Waals surface area contributed by atoms with Gasteiger partial charge in [-0.25, -0.2) is 0 Å². The first-order valence-electron chi connectivity index (χ1n) is 5.80. The number of morpholine rings is 1. The van der Waals surface area contributed by atoms with Crippen LogP contribution < -0.4 is 5.32 Å². The van der Waals surface area contributed by atoms with Crippen LogP contribution in [0.4, 0.5) is 0 Å². The van der Waals surface area contributed by atoms with Gasteiger partial charge in [0, 0.05) is 19.1 Å². The molecule has 0 aromatic rings. The lowest BCUT2D eigenvalue weighted by Gasteiger charge is -2.35. The molecule has 2 heterocycles. The van der Waals surface area contributed by atoms with Gasteiger partial charge in [-0.05, 0) is 31.8 Å². The Morgan fingerprint density at radius 3 is 2.86 bits per heavy atom. The molecular weight excluding hydrogens is 176 g/mol. The van der Waals surface area contributed by atoms with Crippen LogP contribution in [0.1, 0.15) is 13.8 Å². The second-order valence-corrected chi connectivity index (χ2v) is 4.81. The van der Waals surface area contributed by atoms with Gasteiger partial charge in [-0.3, -0.25) is 4.90 Å². The Labute approximate surface area is 86.8 Å². The van der Waals surface area contributed by atoms with Gasteiger partial charge in [0.2, 0.25) is 0 Å². The van der Waals surface area contributed by atoms with Crippen LogP contribution in [-0.2, 0) is 4.74 Å². The van der Waals surface area contributed by atoms with Crippen molar-refractivity contribution in [2.24, 2.45) is 11.8 Å². The van der Waals surface area contributed by atoms with Gasteiger partial charge in [-0.1, -0.05) is 6.92 Å². The van der Waals surface area contributed by atoms with E-state index in [0.717, 1.165) is 31.6 Å². The number of hydrogen-bond donors (Lipinski definition) is 1. The van der Waals surface area contributed by atoms with Gasteiger partial charge in [0.15, 0.2) is 0 Å². The number of nitrogens with one attached hydrogen (secondary N) is 1. The molecule has 2 saturated heterocycles. The van der Waals surface area contributed by atoms with Crippen molar-refractivity contribution in [3.8, 4) is 0 Å². The van der Waals surface area contributed by atoms with Crippen molar-refractivity contribution in [1.82, 2.24) is 10.2 Å². The smallest absolute Gasteiger partial charge is 0.0619 e. The highest BCUT2D eigenvalue weighted by molar-refractivity contribution is 4.83. The molecule has 3 atom stereocenters. The molecule has 1 N–H and O–H groups in total. The van der Waals surface area contributed by atoms with Gasteiger partial charge >= 0.3 is 0 Å². The standard InChI is InChI=1S/C11H22N2O/c1-9-5-12-6-11(9)7-13-3-4-14-8-10(13)2/h9-12H,3-8H2,1-2H3/t9-,10?,11+/m1/s1. The van der Waals surface area contributed by atoms with Crippen LogP contribution in [0.15, 0.2) is 0 Å². The number of rotatable bonds is 2. The minimum Gasteiger partial charge on any atom is -0.379 e. The van der Waals surface area contributed by atoms with E-state index < -0.39 is 0 Å². The highest BCUT2D eigenvalue weighted by atomic mass is 16.5. The molecule has 2 aliphatic rings. The molecule has 82 valence electrons. The van der Waals surface area contributed by atoms with Gasteiger partial charge in [0.25, 0.3) is 0 Å². The second-order valence-electron chi connectivity index (χ2n) is 4.81. The van der Waals surface area contributed by atoms with Gasteiger partial charge in [-0.2, -0.15) is 0 Å². The van der Waals surface area contributed by atoms with E-state index in [-0.39, 0.29) is 0 Å². The minimum absolute atomic E-state index is 0.608. The first-order valence-corrected chi connectivity index (χ1v) is 5.80. The van der Waals surface area contributed by atoms with Crippen molar-refractivity contribution in [3.05, 3.63) is 0 Å². The topological polar surface area (TPSA) is 24.5 Å². The van der Waals surface area contributed by atoms with E-state index in [0.29, 0.717) is 6.04 Å². The van der Waals surface area contributed by atoms with Gasteiger partial charge in [0.05, 0.1) is 13.2 Å². The largest absolute Gasteiger partial charge is 0.379 e. The molecule has 2 rings (SSSR count). The molecule has 0 aromatic heterocycles. The molecular formula is C11H22N2O. The van der Waals surface area contributed by atoms with Crippen molar-refractivity contribution < 1.29 is 4.74 Å². The van der Waals surface area contributed by atoms with Crippen LogP contribution >= 0.6 is 0 Å². The summed E-state index contributed by atoms with van der Waals surface area (Å²) in [5.74, 6) is 1.68. The van der Waals surface area contributed by atoms with Crippen LogP contribution in [0.5, 0.6) is 0 Å². The highest BCUT2D eigenvalue weighted by Crippen LogP contribution is 2.19. The van der Waals surface area contributed by atoms with Crippen molar-refractivity contribution in [3.63, 3.8) is 0 Å². The van der Waals surface area contributed by atoms with Crippen LogP contribution in [-0.4, -0.2) is 50.3 Å². The lowest BCUT2D eigenvalue weighted by molar-refractivity contribution is -0.00823. The Balaban J connectivity index is 1.83. The summed E-state index contributed by atoms with van der Waals surface area (Å²) in [7, 11) is 0. The predicted octanol–water partition coefficient (Wildman–Crippen LogP) is 0.563. The quantitative estimate of drug-likeness (QED) is 0.702. The van der Waals surface area contributed by atoms with E-state index in [4.69, 9.17) is 4.74 Å². The maximum atomic E-state index is 5.45. The van der Waals surface area contributed by atoms with Gasteiger partial charge < -0.3 is 10.1 Å². The average Bonchev–Trinajstić information content (AvgIpc) is 2.56. The third kappa shape index (κ3) is 2.27. The Morgan fingerprint density at radius 2 is 2.21 bits per heavy atom. The van der Waals surface area contributed by atoms with Gasteiger partial charge in [-0.15, -0.1) is 0 Å². The summed E-state index contributed by atoms with van der Waals surface area (Å²) in [6.07, 6.45) is 0. The fourth-order valence-corrected chi connectivity index (χ4v) is 2.44. The van der Waals surface area contributed by atoms with E-state index in [1.165, 1.54) is 19.6 Å². The van der Waals surface area contributed by atoms with E-state index in [2.05, 4.69) is 24.1 Å². The normalized spacial score (nSPS) is 40.3. The molecule has 3 nitrogen and oxygen atoms in total. The van der Waals surface area contributed by atoms with Crippen LogP contribution in [0.2, 0.25) is 0 Å². The van der Waals surface area contributed by atoms with Crippen molar-refractivity contribution >= 4 is 0 Å². The van der Waals surface area contributed by atoms with Crippen molar-refractivity contribution in [1.29, 1.82) is 0 Å². The third-order valence-electron chi connectivity index (χ3n) is 3.65. The van der Waals surface area contributed by atoms with E-state index >= 15 is 0 Å². The molecule has 0 spiro atoms. The van der Waals surface area contributed by atoms with Crippen LogP contribution in [0, 0.1) is 11.8 Å². The van der Waals surface area contributed by atoms with Crippen LogP contribution in [0.25, 0.3) is 0 Å². The zero-order chi connectivity index (χ0) is 9.97. The zero-order valence-electron chi connectivity index (χ0n) is 9.33. The molecule has 0 amide bonds. The molecule has 0 bridgehead atoms. The lowest BCUT2D eigenvalue weighted by Crippen LogP contribution is -2.46. The summed E-state index contributed by atoms with van der Waals surface area (Å²) in [5, 5.41) is 3.47. The minimum atomic E-state index is 0.608. The number of hydrogen-bond acceptors (Lipinski definition) is 3. The maximum absolute atomic E-state index is 5.45. The molecule has 0 radical (unpaired) electrons. The predicted molar refractivity (Wildman–Crippen MR) is 57.4 cm³/mol. The van der Waals surface area contributed by atoms with E-state index in [9.17, 15) is 0 Å². The molecule has 1 unspecified atom stereocenters. The first kappa shape index (κ1) is 10.4. The molecule has 0 saturated carbocycles. The first-order chi connectivity index (χ1) is 6.77. The Bertz CT molecular complexity index is 186. The number of nitrogens with zero attached hydrogens (tertiary/aromatic N) is 1. The van der Waals surface area contributed by atoms with Crippen molar-refractivity contribution in [2.75, 3.05) is 39.4 Å².